The largest absolute Gasteiger partial charge is 0.493 e. The van der Waals surface area contributed by atoms with E-state index in [1.807, 2.05) is 25.1 Å². The summed E-state index contributed by atoms with van der Waals surface area (Å²) in [6, 6.07) is 14.5. The van der Waals surface area contributed by atoms with Gasteiger partial charge in [-0.2, -0.15) is 0 Å². The first kappa shape index (κ1) is 21.1. The Kier molecular flexibility index (Phi) is 6.51. The van der Waals surface area contributed by atoms with Crippen LogP contribution in [0.2, 0.25) is 0 Å². The predicted octanol–water partition coefficient (Wildman–Crippen LogP) is 5.55. The van der Waals surface area contributed by atoms with Gasteiger partial charge in [-0.05, 0) is 43.7 Å². The van der Waals surface area contributed by atoms with Crippen molar-refractivity contribution in [3.05, 3.63) is 77.7 Å². The molecule has 7 heteroatoms. The SMILES string of the molecule is COc1cc(C)ccc1Oc1ccc(NC(=O)N(C)C(C)c2ccccc2F)cn1. The van der Waals surface area contributed by atoms with Crippen molar-refractivity contribution in [1.82, 2.24) is 9.88 Å². The van der Waals surface area contributed by atoms with E-state index in [0.29, 0.717) is 28.6 Å². The molecule has 0 aliphatic heterocycles. The number of benzene rings is 2. The summed E-state index contributed by atoms with van der Waals surface area (Å²) in [6.07, 6.45) is 1.50. The van der Waals surface area contributed by atoms with Crippen molar-refractivity contribution in [2.24, 2.45) is 0 Å². The van der Waals surface area contributed by atoms with Crippen LogP contribution >= 0.6 is 0 Å². The van der Waals surface area contributed by atoms with Gasteiger partial charge in [0.1, 0.15) is 5.82 Å². The number of carbonyl (C=O) groups excluding carboxylic acids is 1. The zero-order valence-electron chi connectivity index (χ0n) is 17.3. The highest BCUT2D eigenvalue weighted by Crippen LogP contribution is 2.31. The molecule has 0 saturated carbocycles. The maximum absolute atomic E-state index is 14.0. The molecule has 0 aliphatic carbocycles. The number of amides is 2. The van der Waals surface area contributed by atoms with Crippen LogP contribution in [0, 0.1) is 12.7 Å². The number of halogens is 1. The lowest BCUT2D eigenvalue weighted by molar-refractivity contribution is 0.207. The predicted molar refractivity (Wildman–Crippen MR) is 114 cm³/mol. The van der Waals surface area contributed by atoms with E-state index in [-0.39, 0.29) is 11.8 Å². The van der Waals surface area contributed by atoms with Gasteiger partial charge >= 0.3 is 6.03 Å². The fourth-order valence-electron chi connectivity index (χ4n) is 2.90. The molecule has 1 atom stereocenters. The van der Waals surface area contributed by atoms with E-state index in [2.05, 4.69) is 10.3 Å². The van der Waals surface area contributed by atoms with Gasteiger partial charge in [0, 0.05) is 18.7 Å². The van der Waals surface area contributed by atoms with Crippen LogP contribution in [-0.4, -0.2) is 30.1 Å². The summed E-state index contributed by atoms with van der Waals surface area (Å²) in [4.78, 5) is 18.2. The number of anilines is 1. The van der Waals surface area contributed by atoms with E-state index in [0.717, 1.165) is 5.56 Å². The second-order valence-corrected chi connectivity index (χ2v) is 6.88. The summed E-state index contributed by atoms with van der Waals surface area (Å²) in [5.41, 5.74) is 2.00. The van der Waals surface area contributed by atoms with Crippen molar-refractivity contribution in [2.45, 2.75) is 19.9 Å². The lowest BCUT2D eigenvalue weighted by atomic mass is 10.1. The van der Waals surface area contributed by atoms with Crippen LogP contribution in [0.25, 0.3) is 0 Å². The number of urea groups is 1. The third-order valence-corrected chi connectivity index (χ3v) is 4.78. The van der Waals surface area contributed by atoms with Crippen molar-refractivity contribution < 1.29 is 18.7 Å². The quantitative estimate of drug-likeness (QED) is 0.579. The van der Waals surface area contributed by atoms with Crippen LogP contribution in [0.1, 0.15) is 24.1 Å². The van der Waals surface area contributed by atoms with Gasteiger partial charge in [0.25, 0.3) is 0 Å². The number of nitrogens with one attached hydrogen (secondary N) is 1. The van der Waals surface area contributed by atoms with Gasteiger partial charge < -0.3 is 19.7 Å². The Labute approximate surface area is 175 Å². The standard InChI is InChI=1S/C23H24FN3O3/c1-15-9-11-20(21(13-15)29-4)30-22-12-10-17(14-25-22)26-23(28)27(3)16(2)18-7-5-6-8-19(18)24/h5-14,16H,1-4H3,(H,26,28). The number of rotatable bonds is 6. The highest BCUT2D eigenvalue weighted by atomic mass is 19.1. The fraction of sp³-hybridized carbons (Fsp3) is 0.217. The number of methoxy groups -OCH3 is 1. The van der Waals surface area contributed by atoms with Gasteiger partial charge in [-0.3, -0.25) is 0 Å². The molecule has 0 saturated heterocycles. The second kappa shape index (κ2) is 9.26. The Morgan fingerprint density at radius 2 is 1.90 bits per heavy atom. The Hall–Kier alpha value is -3.61. The number of pyridine rings is 1. The minimum absolute atomic E-state index is 0.348. The number of hydrogen-bond donors (Lipinski definition) is 1. The molecule has 3 rings (SSSR count). The van der Waals surface area contributed by atoms with Crippen LogP contribution in [0.4, 0.5) is 14.9 Å². The van der Waals surface area contributed by atoms with E-state index in [4.69, 9.17) is 9.47 Å². The molecule has 2 aromatic carbocycles. The molecule has 156 valence electrons. The van der Waals surface area contributed by atoms with Crippen molar-refractivity contribution in [2.75, 3.05) is 19.5 Å². The van der Waals surface area contributed by atoms with E-state index in [1.165, 1.54) is 17.2 Å². The maximum Gasteiger partial charge on any atom is 0.322 e. The molecule has 0 bridgehead atoms. The number of nitrogens with zero attached hydrogens (tertiary/aromatic N) is 2. The summed E-state index contributed by atoms with van der Waals surface area (Å²) < 4.78 is 25.1. The number of carbonyl (C=O) groups is 1. The van der Waals surface area contributed by atoms with Crippen molar-refractivity contribution in [3.8, 4) is 17.4 Å². The van der Waals surface area contributed by atoms with Gasteiger partial charge in [0.05, 0.1) is 25.0 Å². The van der Waals surface area contributed by atoms with Gasteiger partial charge in [-0.15, -0.1) is 0 Å². The summed E-state index contributed by atoms with van der Waals surface area (Å²) in [7, 11) is 3.19. The summed E-state index contributed by atoms with van der Waals surface area (Å²) in [5.74, 6) is 1.17. The molecular formula is C23H24FN3O3. The van der Waals surface area contributed by atoms with E-state index in [1.54, 1.807) is 51.4 Å². The Bertz CT molecular complexity index is 1020. The van der Waals surface area contributed by atoms with E-state index >= 15 is 0 Å². The lowest BCUT2D eigenvalue weighted by Crippen LogP contribution is -2.34. The van der Waals surface area contributed by atoms with Crippen LogP contribution in [0.5, 0.6) is 17.4 Å². The normalized spacial score (nSPS) is 11.5. The highest BCUT2D eigenvalue weighted by molar-refractivity contribution is 5.89. The first-order chi connectivity index (χ1) is 14.4. The van der Waals surface area contributed by atoms with Crippen molar-refractivity contribution in [1.29, 1.82) is 0 Å². The Balaban J connectivity index is 1.65. The Morgan fingerprint density at radius 3 is 2.57 bits per heavy atom. The van der Waals surface area contributed by atoms with Crippen LogP contribution in [0.15, 0.2) is 60.8 Å². The molecule has 0 aliphatic rings. The first-order valence-corrected chi connectivity index (χ1v) is 9.46. The zero-order valence-corrected chi connectivity index (χ0v) is 17.3. The van der Waals surface area contributed by atoms with Gasteiger partial charge in [0.2, 0.25) is 5.88 Å². The first-order valence-electron chi connectivity index (χ1n) is 9.46. The number of aryl methyl sites for hydroxylation is 1. The van der Waals surface area contributed by atoms with Gasteiger partial charge in [-0.1, -0.05) is 24.3 Å². The molecule has 1 heterocycles. The minimum Gasteiger partial charge on any atom is -0.493 e. The smallest absolute Gasteiger partial charge is 0.322 e. The summed E-state index contributed by atoms with van der Waals surface area (Å²) >= 11 is 0. The third-order valence-electron chi connectivity index (χ3n) is 4.78. The van der Waals surface area contributed by atoms with Gasteiger partial charge in [0.15, 0.2) is 11.5 Å². The molecule has 6 nitrogen and oxygen atoms in total. The highest BCUT2D eigenvalue weighted by Gasteiger charge is 2.20. The monoisotopic (exact) mass is 409 g/mol. The minimum atomic E-state index is -0.434. The fourth-order valence-corrected chi connectivity index (χ4v) is 2.90. The second-order valence-electron chi connectivity index (χ2n) is 6.88. The topological polar surface area (TPSA) is 63.7 Å². The third kappa shape index (κ3) is 4.86. The number of aromatic nitrogens is 1. The lowest BCUT2D eigenvalue weighted by Gasteiger charge is -2.25. The van der Waals surface area contributed by atoms with Crippen LogP contribution in [-0.2, 0) is 0 Å². The van der Waals surface area contributed by atoms with Gasteiger partial charge in [-0.25, -0.2) is 14.2 Å². The molecule has 3 aromatic rings. The maximum atomic E-state index is 14.0. The van der Waals surface area contributed by atoms with Crippen molar-refractivity contribution >= 4 is 11.7 Å². The number of hydrogen-bond acceptors (Lipinski definition) is 4. The zero-order chi connectivity index (χ0) is 21.7. The summed E-state index contributed by atoms with van der Waals surface area (Å²) in [6.45, 7) is 3.73. The average molecular weight is 409 g/mol. The van der Waals surface area contributed by atoms with E-state index < -0.39 is 6.04 Å². The molecule has 1 N–H and O–H groups in total. The van der Waals surface area contributed by atoms with E-state index in [9.17, 15) is 9.18 Å². The molecule has 0 spiro atoms. The van der Waals surface area contributed by atoms with Crippen LogP contribution in [0.3, 0.4) is 0 Å². The molecule has 0 radical (unpaired) electrons. The molecule has 2 amide bonds. The summed E-state index contributed by atoms with van der Waals surface area (Å²) in [5, 5.41) is 2.75. The van der Waals surface area contributed by atoms with Crippen LogP contribution < -0.4 is 14.8 Å². The molecule has 0 fully saturated rings. The number of ether oxygens (including phenoxy) is 2. The van der Waals surface area contributed by atoms with Crippen molar-refractivity contribution in [3.63, 3.8) is 0 Å². The molecule has 1 unspecified atom stereocenters. The molecular weight excluding hydrogens is 385 g/mol. The molecule has 30 heavy (non-hydrogen) atoms. The average Bonchev–Trinajstić information content (AvgIpc) is 2.75. The molecule has 1 aromatic heterocycles. The Morgan fingerprint density at radius 1 is 1.13 bits per heavy atom.